The molecule has 2 atom stereocenters. The molecular formula is C16H30N2. The second-order valence-electron chi connectivity index (χ2n) is 6.83. The minimum absolute atomic E-state index is 0.823. The van der Waals surface area contributed by atoms with Gasteiger partial charge in [-0.1, -0.05) is 19.8 Å². The van der Waals surface area contributed by atoms with Gasteiger partial charge in [0, 0.05) is 12.1 Å². The van der Waals surface area contributed by atoms with Crippen molar-refractivity contribution in [1.29, 1.82) is 0 Å². The van der Waals surface area contributed by atoms with Crippen molar-refractivity contribution in [2.75, 3.05) is 19.6 Å². The van der Waals surface area contributed by atoms with Crippen LogP contribution in [0.25, 0.3) is 0 Å². The van der Waals surface area contributed by atoms with Gasteiger partial charge in [0.2, 0.25) is 0 Å². The molecule has 0 aromatic carbocycles. The van der Waals surface area contributed by atoms with Gasteiger partial charge in [0.15, 0.2) is 0 Å². The van der Waals surface area contributed by atoms with Crippen molar-refractivity contribution in [3.05, 3.63) is 0 Å². The highest BCUT2D eigenvalue weighted by molar-refractivity contribution is 4.89. The number of nitrogens with zero attached hydrogens (tertiary/aromatic N) is 1. The van der Waals surface area contributed by atoms with Crippen LogP contribution in [0.2, 0.25) is 0 Å². The molecule has 3 aliphatic rings. The molecular weight excluding hydrogens is 220 g/mol. The van der Waals surface area contributed by atoms with Crippen LogP contribution in [-0.4, -0.2) is 36.6 Å². The average Bonchev–Trinajstić information content (AvgIpc) is 3.12. The van der Waals surface area contributed by atoms with Crippen molar-refractivity contribution >= 4 is 0 Å². The maximum absolute atomic E-state index is 3.79. The van der Waals surface area contributed by atoms with Crippen molar-refractivity contribution in [2.45, 2.75) is 70.4 Å². The Morgan fingerprint density at radius 3 is 2.44 bits per heavy atom. The lowest BCUT2D eigenvalue weighted by molar-refractivity contribution is 0.115. The van der Waals surface area contributed by atoms with E-state index in [1.807, 2.05) is 0 Å². The van der Waals surface area contributed by atoms with Gasteiger partial charge in [-0.2, -0.15) is 0 Å². The highest BCUT2D eigenvalue weighted by Gasteiger charge is 2.33. The van der Waals surface area contributed by atoms with Crippen molar-refractivity contribution in [3.63, 3.8) is 0 Å². The van der Waals surface area contributed by atoms with Gasteiger partial charge < -0.3 is 5.32 Å². The van der Waals surface area contributed by atoms with Gasteiger partial charge in [-0.3, -0.25) is 4.90 Å². The first kappa shape index (κ1) is 12.9. The fourth-order valence-electron chi connectivity index (χ4n) is 4.06. The normalized spacial score (nSPS) is 35.2. The third-order valence-electron chi connectivity index (χ3n) is 5.53. The lowest BCUT2D eigenvalue weighted by Gasteiger charge is -2.38. The van der Waals surface area contributed by atoms with Gasteiger partial charge in [-0.05, 0) is 70.0 Å². The summed E-state index contributed by atoms with van der Waals surface area (Å²) in [6, 6.07) is 1.75. The molecule has 0 radical (unpaired) electrons. The Kier molecular flexibility index (Phi) is 4.25. The standard InChI is InChI=1S/C16H30N2/c1-2-14-4-3-5-16(14)18-10-8-15(9-11-18)17-12-13-6-7-13/h13-17H,2-12H2,1H3. The summed E-state index contributed by atoms with van der Waals surface area (Å²) in [5, 5.41) is 3.79. The minimum Gasteiger partial charge on any atom is -0.314 e. The van der Waals surface area contributed by atoms with Gasteiger partial charge in [0.1, 0.15) is 0 Å². The molecule has 1 heterocycles. The van der Waals surface area contributed by atoms with Crippen molar-refractivity contribution in [2.24, 2.45) is 11.8 Å². The van der Waals surface area contributed by atoms with E-state index >= 15 is 0 Å². The van der Waals surface area contributed by atoms with Crippen LogP contribution < -0.4 is 5.32 Å². The van der Waals surface area contributed by atoms with E-state index in [1.54, 1.807) is 0 Å². The van der Waals surface area contributed by atoms with E-state index in [1.165, 1.54) is 71.0 Å². The SMILES string of the molecule is CCC1CCCC1N1CCC(NCC2CC2)CC1. The van der Waals surface area contributed by atoms with E-state index in [-0.39, 0.29) is 0 Å². The molecule has 2 unspecified atom stereocenters. The number of likely N-dealkylation sites (tertiary alicyclic amines) is 1. The third-order valence-corrected chi connectivity index (χ3v) is 5.53. The topological polar surface area (TPSA) is 15.3 Å². The maximum Gasteiger partial charge on any atom is 0.0123 e. The summed E-state index contributed by atoms with van der Waals surface area (Å²) in [7, 11) is 0. The first-order valence-electron chi connectivity index (χ1n) is 8.34. The lowest BCUT2D eigenvalue weighted by Crippen LogP contribution is -2.48. The number of hydrogen-bond donors (Lipinski definition) is 1. The predicted molar refractivity (Wildman–Crippen MR) is 76.7 cm³/mol. The van der Waals surface area contributed by atoms with E-state index in [0.29, 0.717) is 0 Å². The maximum atomic E-state index is 3.79. The molecule has 104 valence electrons. The first-order valence-corrected chi connectivity index (χ1v) is 8.34. The molecule has 2 heteroatoms. The van der Waals surface area contributed by atoms with Gasteiger partial charge >= 0.3 is 0 Å². The zero-order valence-electron chi connectivity index (χ0n) is 12.0. The Morgan fingerprint density at radius 2 is 1.78 bits per heavy atom. The van der Waals surface area contributed by atoms with Gasteiger partial charge in [-0.15, -0.1) is 0 Å². The molecule has 0 aromatic heterocycles. The molecule has 2 saturated carbocycles. The number of rotatable bonds is 5. The van der Waals surface area contributed by atoms with Gasteiger partial charge in [-0.25, -0.2) is 0 Å². The lowest BCUT2D eigenvalue weighted by atomic mass is 9.95. The molecule has 0 amide bonds. The molecule has 0 spiro atoms. The Bertz CT molecular complexity index is 254. The van der Waals surface area contributed by atoms with Crippen molar-refractivity contribution in [3.8, 4) is 0 Å². The summed E-state index contributed by atoms with van der Waals surface area (Å²) >= 11 is 0. The number of hydrogen-bond acceptors (Lipinski definition) is 2. The van der Waals surface area contributed by atoms with E-state index < -0.39 is 0 Å². The zero-order valence-corrected chi connectivity index (χ0v) is 12.0. The Labute approximate surface area is 113 Å². The van der Waals surface area contributed by atoms with E-state index in [4.69, 9.17) is 0 Å². The van der Waals surface area contributed by atoms with Crippen LogP contribution in [-0.2, 0) is 0 Å². The summed E-state index contributed by atoms with van der Waals surface area (Å²) in [4.78, 5) is 2.82. The van der Waals surface area contributed by atoms with Crippen LogP contribution in [0, 0.1) is 11.8 Å². The fourth-order valence-corrected chi connectivity index (χ4v) is 4.06. The molecule has 18 heavy (non-hydrogen) atoms. The van der Waals surface area contributed by atoms with Crippen molar-refractivity contribution < 1.29 is 0 Å². The van der Waals surface area contributed by atoms with Crippen LogP contribution in [0.1, 0.15) is 58.3 Å². The smallest absolute Gasteiger partial charge is 0.0123 e. The monoisotopic (exact) mass is 250 g/mol. The number of piperidine rings is 1. The van der Waals surface area contributed by atoms with Crippen LogP contribution in [0.3, 0.4) is 0 Å². The molecule has 3 rings (SSSR count). The molecule has 1 aliphatic heterocycles. The summed E-state index contributed by atoms with van der Waals surface area (Å²) in [6.07, 6.45) is 11.6. The largest absolute Gasteiger partial charge is 0.314 e. The fraction of sp³-hybridized carbons (Fsp3) is 1.00. The molecule has 0 aromatic rings. The molecule has 0 bridgehead atoms. The molecule has 3 fully saturated rings. The summed E-state index contributed by atoms with van der Waals surface area (Å²) < 4.78 is 0. The highest BCUT2D eigenvalue weighted by Crippen LogP contribution is 2.34. The molecule has 2 nitrogen and oxygen atoms in total. The summed E-state index contributed by atoms with van der Waals surface area (Å²) in [6.45, 7) is 6.38. The van der Waals surface area contributed by atoms with Crippen LogP contribution >= 0.6 is 0 Å². The Balaban J connectivity index is 1.41. The Hall–Kier alpha value is -0.0800. The number of nitrogens with one attached hydrogen (secondary N) is 1. The van der Waals surface area contributed by atoms with E-state index in [0.717, 1.165) is 23.9 Å². The zero-order chi connectivity index (χ0) is 12.4. The third kappa shape index (κ3) is 3.08. The molecule has 2 aliphatic carbocycles. The van der Waals surface area contributed by atoms with Crippen molar-refractivity contribution in [1.82, 2.24) is 10.2 Å². The quantitative estimate of drug-likeness (QED) is 0.807. The Morgan fingerprint density at radius 1 is 1.00 bits per heavy atom. The van der Waals surface area contributed by atoms with Crippen LogP contribution in [0.5, 0.6) is 0 Å². The predicted octanol–water partition coefficient (Wildman–Crippen LogP) is 3.03. The van der Waals surface area contributed by atoms with E-state index in [9.17, 15) is 0 Å². The van der Waals surface area contributed by atoms with Crippen LogP contribution in [0.4, 0.5) is 0 Å². The second-order valence-corrected chi connectivity index (χ2v) is 6.83. The van der Waals surface area contributed by atoms with Gasteiger partial charge in [0.25, 0.3) is 0 Å². The average molecular weight is 250 g/mol. The highest BCUT2D eigenvalue weighted by atomic mass is 15.2. The minimum atomic E-state index is 0.823. The molecule has 1 saturated heterocycles. The summed E-state index contributed by atoms with van der Waals surface area (Å²) in [5.74, 6) is 2.03. The van der Waals surface area contributed by atoms with Gasteiger partial charge in [0.05, 0.1) is 0 Å². The van der Waals surface area contributed by atoms with E-state index in [2.05, 4.69) is 17.1 Å². The summed E-state index contributed by atoms with van der Waals surface area (Å²) in [5.41, 5.74) is 0. The van der Waals surface area contributed by atoms with Crippen LogP contribution in [0.15, 0.2) is 0 Å². The molecule has 1 N–H and O–H groups in total. The second kappa shape index (κ2) is 5.92. The first-order chi connectivity index (χ1) is 8.86.